The molecule has 0 radical (unpaired) electrons. The molecule has 1 aromatic rings. The maximum atomic E-state index is 13.3. The van der Waals surface area contributed by atoms with Crippen molar-refractivity contribution in [2.45, 2.75) is 72.3 Å². The number of amides is 1. The molecule has 4 aliphatic rings. The number of benzene rings is 1. The largest absolute Gasteiger partial charge is 0.493 e. The number of ether oxygens (including phenoxy) is 2. The molecule has 8 heteroatoms. The third kappa shape index (κ3) is 4.07. The number of nitro benzene ring substituents is 1. The summed E-state index contributed by atoms with van der Waals surface area (Å²) in [5.41, 5.74) is 3.10. The molecule has 2 atom stereocenters. The highest BCUT2D eigenvalue weighted by Crippen LogP contribution is 2.69. The maximum absolute atomic E-state index is 13.3. The van der Waals surface area contributed by atoms with Crippen LogP contribution in [0.5, 0.6) is 11.5 Å². The van der Waals surface area contributed by atoms with Crippen molar-refractivity contribution in [3.63, 3.8) is 0 Å². The highest BCUT2D eigenvalue weighted by molar-refractivity contribution is 5.87. The summed E-state index contributed by atoms with van der Waals surface area (Å²) in [4.78, 5) is 24.3. The van der Waals surface area contributed by atoms with E-state index in [2.05, 4.69) is 24.4 Å². The Labute approximate surface area is 188 Å². The minimum Gasteiger partial charge on any atom is -0.493 e. The van der Waals surface area contributed by atoms with Crippen LogP contribution in [-0.4, -0.2) is 30.3 Å². The molecule has 1 aromatic carbocycles. The highest BCUT2D eigenvalue weighted by atomic mass is 16.6. The molecule has 8 nitrogen and oxygen atoms in total. The Morgan fingerprint density at radius 1 is 1.22 bits per heavy atom. The number of carbonyl (C=O) groups excluding carboxylic acids is 1. The fourth-order valence-electron chi connectivity index (χ4n) is 7.31. The van der Waals surface area contributed by atoms with E-state index in [-0.39, 0.29) is 45.4 Å². The van der Waals surface area contributed by atoms with Gasteiger partial charge >= 0.3 is 5.69 Å². The first-order valence-corrected chi connectivity index (χ1v) is 11.3. The second-order valence-corrected chi connectivity index (χ2v) is 11.1. The molecule has 4 fully saturated rings. The molecule has 0 saturated heterocycles. The molecule has 0 heterocycles. The first-order chi connectivity index (χ1) is 15.0. The van der Waals surface area contributed by atoms with Gasteiger partial charge in [0.25, 0.3) is 0 Å². The quantitative estimate of drug-likeness (QED) is 0.369. The van der Waals surface area contributed by atoms with E-state index in [1.54, 1.807) is 19.9 Å². The van der Waals surface area contributed by atoms with Gasteiger partial charge in [0.05, 0.1) is 29.8 Å². The lowest BCUT2D eigenvalue weighted by Gasteiger charge is -2.64. The molecule has 0 spiro atoms. The minimum absolute atomic E-state index is 0.0310. The van der Waals surface area contributed by atoms with Gasteiger partial charge in [-0.2, -0.15) is 5.10 Å². The van der Waals surface area contributed by atoms with Crippen molar-refractivity contribution in [3.8, 4) is 11.5 Å². The summed E-state index contributed by atoms with van der Waals surface area (Å²) in [7, 11) is 1.43. The number of hydrogen-bond acceptors (Lipinski definition) is 6. The zero-order chi connectivity index (χ0) is 23.3. The maximum Gasteiger partial charge on any atom is 0.315 e. The molecule has 174 valence electrons. The van der Waals surface area contributed by atoms with Gasteiger partial charge in [0.2, 0.25) is 11.7 Å². The standard InChI is InChI=1S/C24H33N3O5/c1-15(2)32-20-18(27(29)30)6-16(7-19(20)31-5)11-25-26-21(28)24-10-17-8-22(3,13-24)12-23(4,9-17)14-24/h6-7,11,15,17H,8-10,12-14H2,1-5H3,(H,26,28)/b25-11+. The second-order valence-electron chi connectivity index (χ2n) is 11.1. The normalized spacial score (nSPS) is 33.0. The lowest BCUT2D eigenvalue weighted by Crippen LogP contribution is -2.59. The van der Waals surface area contributed by atoms with E-state index in [0.29, 0.717) is 11.5 Å². The smallest absolute Gasteiger partial charge is 0.315 e. The van der Waals surface area contributed by atoms with Crippen molar-refractivity contribution in [3.05, 3.63) is 27.8 Å². The average Bonchev–Trinajstić information content (AvgIpc) is 2.65. The monoisotopic (exact) mass is 443 g/mol. The van der Waals surface area contributed by atoms with Crippen LogP contribution in [0, 0.1) is 32.3 Å². The van der Waals surface area contributed by atoms with Gasteiger partial charge < -0.3 is 9.47 Å². The second kappa shape index (κ2) is 7.74. The SMILES string of the molecule is COc1cc(/C=N/NC(=O)C23CC4CC(C)(CC(C)(C4)C2)C3)cc([N+](=O)[O-])c1OC(C)C. The van der Waals surface area contributed by atoms with E-state index in [4.69, 9.17) is 9.47 Å². The summed E-state index contributed by atoms with van der Waals surface area (Å²) < 4.78 is 10.9. The Morgan fingerprint density at radius 3 is 2.41 bits per heavy atom. The Morgan fingerprint density at radius 2 is 1.88 bits per heavy atom. The number of nitrogens with one attached hydrogen (secondary N) is 1. The van der Waals surface area contributed by atoms with E-state index >= 15 is 0 Å². The Kier molecular flexibility index (Phi) is 5.46. The van der Waals surface area contributed by atoms with Gasteiger partial charge in [-0.1, -0.05) is 13.8 Å². The van der Waals surface area contributed by atoms with E-state index < -0.39 is 4.92 Å². The summed E-state index contributed by atoms with van der Waals surface area (Å²) in [5, 5.41) is 15.7. The van der Waals surface area contributed by atoms with Gasteiger partial charge in [-0.05, 0) is 75.2 Å². The Bertz CT molecular complexity index is 955. The van der Waals surface area contributed by atoms with E-state index in [1.165, 1.54) is 38.7 Å². The molecule has 4 bridgehead atoms. The summed E-state index contributed by atoms with van der Waals surface area (Å²) in [5.74, 6) is 0.916. The predicted octanol–water partition coefficient (Wildman–Crippen LogP) is 4.84. The van der Waals surface area contributed by atoms with Crippen LogP contribution in [0.4, 0.5) is 5.69 Å². The van der Waals surface area contributed by atoms with Crippen molar-refractivity contribution in [1.29, 1.82) is 0 Å². The number of hydrazone groups is 1. The van der Waals surface area contributed by atoms with Gasteiger partial charge in [0.15, 0.2) is 5.75 Å². The molecule has 2 unspecified atom stereocenters. The van der Waals surface area contributed by atoms with Gasteiger partial charge in [-0.25, -0.2) is 5.43 Å². The number of nitro groups is 1. The molecule has 4 aliphatic carbocycles. The number of hydrogen-bond donors (Lipinski definition) is 1. The Hall–Kier alpha value is -2.64. The van der Waals surface area contributed by atoms with Crippen LogP contribution in [-0.2, 0) is 4.79 Å². The number of methoxy groups -OCH3 is 1. The Balaban J connectivity index is 1.54. The number of rotatable bonds is 7. The van der Waals surface area contributed by atoms with Gasteiger partial charge in [-0.15, -0.1) is 0 Å². The molecule has 1 amide bonds. The summed E-state index contributed by atoms with van der Waals surface area (Å²) in [6.45, 7) is 8.24. The fraction of sp³-hybridized carbons (Fsp3) is 0.667. The summed E-state index contributed by atoms with van der Waals surface area (Å²) in [6, 6.07) is 3.00. The van der Waals surface area contributed by atoms with Crippen molar-refractivity contribution in [2.75, 3.05) is 7.11 Å². The number of nitrogens with zero attached hydrogens (tertiary/aromatic N) is 2. The molecule has 5 rings (SSSR count). The zero-order valence-electron chi connectivity index (χ0n) is 19.6. The lowest BCUT2D eigenvalue weighted by molar-refractivity contribution is -0.386. The molecular formula is C24H33N3O5. The van der Waals surface area contributed by atoms with Crippen LogP contribution in [0.3, 0.4) is 0 Å². The third-order valence-corrected chi connectivity index (χ3v) is 7.32. The topological polar surface area (TPSA) is 103 Å². The molecule has 0 aliphatic heterocycles. The number of carbonyl (C=O) groups is 1. The molecular weight excluding hydrogens is 410 g/mol. The molecule has 0 aromatic heterocycles. The van der Waals surface area contributed by atoms with Crippen LogP contribution in [0.15, 0.2) is 17.2 Å². The fourth-order valence-corrected chi connectivity index (χ4v) is 7.31. The van der Waals surface area contributed by atoms with Crippen LogP contribution in [0.2, 0.25) is 0 Å². The van der Waals surface area contributed by atoms with Crippen LogP contribution in [0.25, 0.3) is 0 Å². The van der Waals surface area contributed by atoms with Crippen molar-refractivity contribution in [2.24, 2.45) is 27.3 Å². The van der Waals surface area contributed by atoms with Crippen molar-refractivity contribution < 1.29 is 19.2 Å². The first-order valence-electron chi connectivity index (χ1n) is 11.3. The minimum atomic E-state index is -0.507. The van der Waals surface area contributed by atoms with Gasteiger partial charge in [0, 0.05) is 11.6 Å². The third-order valence-electron chi connectivity index (χ3n) is 7.32. The first kappa shape index (κ1) is 22.6. The predicted molar refractivity (Wildman–Crippen MR) is 121 cm³/mol. The van der Waals surface area contributed by atoms with Crippen LogP contribution >= 0.6 is 0 Å². The summed E-state index contributed by atoms with van der Waals surface area (Å²) >= 11 is 0. The van der Waals surface area contributed by atoms with E-state index in [9.17, 15) is 14.9 Å². The van der Waals surface area contributed by atoms with Crippen molar-refractivity contribution in [1.82, 2.24) is 5.43 Å². The summed E-state index contributed by atoms with van der Waals surface area (Å²) in [6.07, 6.45) is 7.57. The van der Waals surface area contributed by atoms with Crippen LogP contribution in [0.1, 0.15) is 71.8 Å². The average molecular weight is 444 g/mol. The van der Waals surface area contributed by atoms with Gasteiger partial charge in [-0.3, -0.25) is 14.9 Å². The van der Waals surface area contributed by atoms with E-state index in [1.807, 2.05) is 0 Å². The van der Waals surface area contributed by atoms with Crippen molar-refractivity contribution >= 4 is 17.8 Å². The molecule has 1 N–H and O–H groups in total. The van der Waals surface area contributed by atoms with Gasteiger partial charge in [0.1, 0.15) is 0 Å². The van der Waals surface area contributed by atoms with Crippen LogP contribution < -0.4 is 14.9 Å². The molecule has 4 saturated carbocycles. The van der Waals surface area contributed by atoms with E-state index in [0.717, 1.165) is 19.3 Å². The lowest BCUT2D eigenvalue weighted by atomic mass is 9.40. The highest BCUT2D eigenvalue weighted by Gasteiger charge is 2.62. The molecule has 32 heavy (non-hydrogen) atoms. The zero-order valence-corrected chi connectivity index (χ0v) is 19.6.